The van der Waals surface area contributed by atoms with Gasteiger partial charge in [0.05, 0.1) is 31.3 Å². The summed E-state index contributed by atoms with van der Waals surface area (Å²) in [5, 5.41) is 74.0. The van der Waals surface area contributed by atoms with Crippen molar-refractivity contribution >= 4 is 5.97 Å². The number of aliphatic hydroxyl groups excluding tert-OH is 6. The van der Waals surface area contributed by atoms with E-state index in [1.54, 1.807) is 0 Å². The van der Waals surface area contributed by atoms with Gasteiger partial charge in [0.25, 0.3) is 0 Å². The zero-order valence-electron chi connectivity index (χ0n) is 30.6. The molecule has 2 heterocycles. The third-order valence-electron chi connectivity index (χ3n) is 16.0. The molecule has 2 saturated heterocycles. The summed E-state index contributed by atoms with van der Waals surface area (Å²) in [6.07, 6.45) is -1.36. The Balaban J connectivity index is 1.15. The lowest BCUT2D eigenvalue weighted by atomic mass is 9.34. The Hall–Kier alpha value is -1.45. The van der Waals surface area contributed by atoms with E-state index in [0.717, 1.165) is 50.5 Å². The van der Waals surface area contributed by atoms with E-state index in [-0.39, 0.29) is 47.9 Å². The summed E-state index contributed by atoms with van der Waals surface area (Å²) in [5.74, 6) is -0.309. The zero-order valence-corrected chi connectivity index (χ0v) is 30.6. The van der Waals surface area contributed by atoms with E-state index in [4.69, 9.17) is 18.9 Å². The SMILES string of the molecule is C=C1CCC2(C(=O)O)CCC3(C)C(=CCC4C5(C)CCC(OC6OCC(O)C(O)C6OC6OCC(O)C(O)C6O)C(C)(CO)C5CCC43C)C2C1. The minimum atomic E-state index is -1.61. The molecule has 17 atom stereocenters. The number of allylic oxidation sites excluding steroid dienone is 3. The van der Waals surface area contributed by atoms with Gasteiger partial charge in [-0.1, -0.05) is 51.5 Å². The van der Waals surface area contributed by atoms with Gasteiger partial charge < -0.3 is 54.7 Å². The fourth-order valence-electron chi connectivity index (χ4n) is 12.7. The summed E-state index contributed by atoms with van der Waals surface area (Å²) < 4.78 is 23.9. The van der Waals surface area contributed by atoms with Gasteiger partial charge in [-0.3, -0.25) is 4.79 Å². The van der Waals surface area contributed by atoms with Crippen molar-refractivity contribution in [1.82, 2.24) is 0 Å². The summed E-state index contributed by atoms with van der Waals surface area (Å²) in [6.45, 7) is 13.0. The predicted molar refractivity (Wildman–Crippen MR) is 183 cm³/mol. The molecule has 0 aromatic carbocycles. The van der Waals surface area contributed by atoms with Crippen molar-refractivity contribution in [3.05, 3.63) is 23.8 Å². The second-order valence-corrected chi connectivity index (χ2v) is 18.2. The first-order chi connectivity index (χ1) is 24.0. The minimum absolute atomic E-state index is 0.0295. The minimum Gasteiger partial charge on any atom is -0.481 e. The van der Waals surface area contributed by atoms with Gasteiger partial charge >= 0.3 is 5.97 Å². The van der Waals surface area contributed by atoms with Crippen molar-refractivity contribution in [2.75, 3.05) is 19.8 Å². The van der Waals surface area contributed by atoms with Gasteiger partial charge in [0.1, 0.15) is 36.6 Å². The van der Waals surface area contributed by atoms with Gasteiger partial charge in [0.2, 0.25) is 0 Å². The molecular formula is C39H60O12. The number of rotatable bonds is 6. The van der Waals surface area contributed by atoms with E-state index in [2.05, 4.69) is 40.3 Å². The molecule has 0 aromatic heterocycles. The quantitative estimate of drug-likeness (QED) is 0.157. The number of carboxylic acids is 1. The molecular weight excluding hydrogens is 660 g/mol. The Morgan fingerprint density at radius 1 is 0.863 bits per heavy atom. The number of aliphatic hydroxyl groups is 6. The first-order valence-corrected chi connectivity index (χ1v) is 19.1. The lowest BCUT2D eigenvalue weighted by molar-refractivity contribution is -0.358. The van der Waals surface area contributed by atoms with Crippen LogP contribution in [0.3, 0.4) is 0 Å². The van der Waals surface area contributed by atoms with Crippen molar-refractivity contribution < 1.29 is 59.5 Å². The van der Waals surface area contributed by atoms with Crippen LogP contribution in [0.15, 0.2) is 23.8 Å². The number of hydrogen-bond donors (Lipinski definition) is 7. The molecule has 0 bridgehead atoms. The first-order valence-electron chi connectivity index (χ1n) is 19.1. The van der Waals surface area contributed by atoms with Crippen LogP contribution in [0.5, 0.6) is 0 Å². The maximum Gasteiger partial charge on any atom is 0.310 e. The van der Waals surface area contributed by atoms with Crippen LogP contribution in [0.25, 0.3) is 0 Å². The third-order valence-corrected chi connectivity index (χ3v) is 16.0. The van der Waals surface area contributed by atoms with Crippen LogP contribution in [0.1, 0.15) is 91.9 Å². The monoisotopic (exact) mass is 720 g/mol. The summed E-state index contributed by atoms with van der Waals surface area (Å²) in [5.41, 5.74) is 0.690. The second kappa shape index (κ2) is 13.1. The number of carbonyl (C=O) groups is 1. The van der Waals surface area contributed by atoms with Crippen molar-refractivity contribution in [2.45, 2.75) is 147 Å². The van der Waals surface area contributed by atoms with Crippen molar-refractivity contribution in [3.63, 3.8) is 0 Å². The molecule has 7 N–H and O–H groups in total. The van der Waals surface area contributed by atoms with Crippen LogP contribution < -0.4 is 0 Å². The standard InChI is InChI=1S/C39H60O12/c1-20-8-13-39(34(46)47)15-14-37(4)21(22(39)16-20)6-7-26-35(2)11-10-27(36(3,19-40)25(35)9-12-38(26,37)5)50-33-31(29(44)24(42)18-49-33)51-32-30(45)28(43)23(41)17-48-32/h6,22-33,40-45H,1,7-19H2,2-5H3,(H,46,47). The normalized spacial score (nSPS) is 54.3. The molecule has 4 saturated carbocycles. The fourth-order valence-corrected chi connectivity index (χ4v) is 12.7. The molecule has 6 fully saturated rings. The summed E-state index contributed by atoms with van der Waals surface area (Å²) in [4.78, 5) is 12.9. The van der Waals surface area contributed by atoms with Gasteiger partial charge in [-0.2, -0.15) is 0 Å². The fraction of sp³-hybridized carbons (Fsp3) is 0.872. The second-order valence-electron chi connectivity index (χ2n) is 18.2. The van der Waals surface area contributed by atoms with Crippen LogP contribution in [0, 0.1) is 44.8 Å². The molecule has 51 heavy (non-hydrogen) atoms. The Labute approximate surface area is 300 Å². The molecule has 2 aliphatic heterocycles. The van der Waals surface area contributed by atoms with Crippen LogP contribution in [0.2, 0.25) is 0 Å². The van der Waals surface area contributed by atoms with Crippen LogP contribution in [-0.2, 0) is 23.7 Å². The van der Waals surface area contributed by atoms with Gasteiger partial charge in [-0.25, -0.2) is 0 Å². The Bertz CT molecular complexity index is 1400. The van der Waals surface area contributed by atoms with Crippen molar-refractivity contribution in [1.29, 1.82) is 0 Å². The average Bonchev–Trinajstić information content (AvgIpc) is 3.09. The van der Waals surface area contributed by atoms with Gasteiger partial charge in [0, 0.05) is 11.3 Å². The Morgan fingerprint density at radius 3 is 2.24 bits per heavy atom. The van der Waals surface area contributed by atoms with E-state index in [1.165, 1.54) is 5.57 Å². The highest BCUT2D eigenvalue weighted by Crippen LogP contribution is 2.75. The van der Waals surface area contributed by atoms with E-state index >= 15 is 0 Å². The van der Waals surface area contributed by atoms with E-state index in [1.807, 2.05) is 0 Å². The number of aliphatic carboxylic acids is 1. The molecule has 0 amide bonds. The average molecular weight is 721 g/mol. The van der Waals surface area contributed by atoms with E-state index in [0.29, 0.717) is 25.2 Å². The molecule has 7 aliphatic rings. The topological polar surface area (TPSA) is 196 Å². The molecule has 17 unspecified atom stereocenters. The largest absolute Gasteiger partial charge is 0.481 e. The molecule has 12 nitrogen and oxygen atoms in total. The highest BCUT2D eigenvalue weighted by atomic mass is 16.7. The first kappa shape index (κ1) is 37.8. The molecule has 0 aromatic rings. The van der Waals surface area contributed by atoms with Gasteiger partial charge in [-0.15, -0.1) is 0 Å². The summed E-state index contributed by atoms with van der Waals surface area (Å²) in [7, 11) is 0. The number of carboxylic acid groups (broad SMARTS) is 1. The zero-order chi connectivity index (χ0) is 36.9. The predicted octanol–water partition coefficient (Wildman–Crippen LogP) is 2.66. The molecule has 288 valence electrons. The molecule has 12 heteroatoms. The molecule has 5 aliphatic carbocycles. The van der Waals surface area contributed by atoms with E-state index in [9.17, 15) is 40.5 Å². The van der Waals surface area contributed by atoms with Gasteiger partial charge in [0.15, 0.2) is 12.6 Å². The van der Waals surface area contributed by atoms with Crippen molar-refractivity contribution in [3.8, 4) is 0 Å². The number of hydrogen-bond acceptors (Lipinski definition) is 11. The van der Waals surface area contributed by atoms with Gasteiger partial charge in [-0.05, 0) is 92.3 Å². The smallest absolute Gasteiger partial charge is 0.310 e. The number of ether oxygens (including phenoxy) is 4. The molecule has 0 spiro atoms. The highest BCUT2D eigenvalue weighted by molar-refractivity contribution is 5.77. The summed E-state index contributed by atoms with van der Waals surface area (Å²) >= 11 is 0. The Kier molecular flexibility index (Phi) is 9.72. The maximum atomic E-state index is 12.9. The maximum absolute atomic E-state index is 12.9. The molecule has 7 rings (SSSR count). The summed E-state index contributed by atoms with van der Waals surface area (Å²) in [6, 6.07) is 0. The Morgan fingerprint density at radius 2 is 1.55 bits per heavy atom. The lowest BCUT2D eigenvalue weighted by Crippen LogP contribution is -2.66. The van der Waals surface area contributed by atoms with Crippen LogP contribution in [-0.4, -0.2) is 117 Å². The third kappa shape index (κ3) is 5.48. The molecule has 0 radical (unpaired) electrons. The number of fused-ring (bicyclic) bond motifs is 7. The van der Waals surface area contributed by atoms with Crippen LogP contribution in [0.4, 0.5) is 0 Å². The van der Waals surface area contributed by atoms with Crippen LogP contribution >= 0.6 is 0 Å². The van der Waals surface area contributed by atoms with E-state index < -0.39 is 72.1 Å². The highest BCUT2D eigenvalue weighted by Gasteiger charge is 2.69. The van der Waals surface area contributed by atoms with Crippen molar-refractivity contribution in [2.24, 2.45) is 44.8 Å². The lowest BCUT2D eigenvalue weighted by Gasteiger charge is -2.71.